The second-order valence-electron chi connectivity index (χ2n) is 5.15. The third-order valence-corrected chi connectivity index (χ3v) is 2.77. The Labute approximate surface area is 99.4 Å². The van der Waals surface area contributed by atoms with Gasteiger partial charge in [0.2, 0.25) is 0 Å². The summed E-state index contributed by atoms with van der Waals surface area (Å²) in [4.78, 5) is 11.8. The number of pyridine rings is 1. The highest BCUT2D eigenvalue weighted by molar-refractivity contribution is 9.10. The zero-order chi connectivity index (χ0) is 11.6. The van der Waals surface area contributed by atoms with Crippen LogP contribution >= 0.6 is 15.9 Å². The molecule has 0 N–H and O–H groups in total. The van der Waals surface area contributed by atoms with Crippen LogP contribution in [-0.4, -0.2) is 4.57 Å². The lowest BCUT2D eigenvalue weighted by atomic mass is 9.92. The summed E-state index contributed by atoms with van der Waals surface area (Å²) in [7, 11) is 0. The number of aryl methyl sites for hydroxylation is 2. The molecule has 1 rings (SSSR count). The van der Waals surface area contributed by atoms with E-state index in [0.29, 0.717) is 0 Å². The Bertz CT molecular complexity index is 401. The standard InChI is InChI=1S/C12H18BrNO/c1-9-7-10(13)8-14(11(9)15)6-5-12(2,3)4/h7-8H,5-6H2,1-4H3. The monoisotopic (exact) mass is 271 g/mol. The lowest BCUT2D eigenvalue weighted by Gasteiger charge is -2.18. The minimum atomic E-state index is 0.113. The van der Waals surface area contributed by atoms with Gasteiger partial charge in [-0.15, -0.1) is 0 Å². The largest absolute Gasteiger partial charge is 0.314 e. The molecule has 0 atom stereocenters. The molecule has 84 valence electrons. The van der Waals surface area contributed by atoms with Crippen LogP contribution < -0.4 is 5.56 Å². The molecule has 0 bridgehead atoms. The van der Waals surface area contributed by atoms with Gasteiger partial charge in [-0.3, -0.25) is 4.79 Å². The quantitative estimate of drug-likeness (QED) is 0.809. The van der Waals surface area contributed by atoms with E-state index < -0.39 is 0 Å². The van der Waals surface area contributed by atoms with E-state index in [1.54, 1.807) is 4.57 Å². The van der Waals surface area contributed by atoms with Crippen molar-refractivity contribution in [2.24, 2.45) is 5.41 Å². The van der Waals surface area contributed by atoms with Crippen LogP contribution in [0, 0.1) is 12.3 Å². The van der Waals surface area contributed by atoms with Gasteiger partial charge in [0.1, 0.15) is 0 Å². The maximum Gasteiger partial charge on any atom is 0.253 e. The molecule has 1 aromatic rings. The Kier molecular flexibility index (Phi) is 3.77. The minimum Gasteiger partial charge on any atom is -0.314 e. The zero-order valence-electron chi connectivity index (χ0n) is 9.80. The summed E-state index contributed by atoms with van der Waals surface area (Å²) in [5.74, 6) is 0. The summed E-state index contributed by atoms with van der Waals surface area (Å²) in [6.07, 6.45) is 2.86. The Morgan fingerprint density at radius 3 is 2.53 bits per heavy atom. The molecule has 0 spiro atoms. The molecule has 0 radical (unpaired) electrons. The Balaban J connectivity index is 2.91. The van der Waals surface area contributed by atoms with Crippen LogP contribution in [0.1, 0.15) is 32.8 Å². The zero-order valence-corrected chi connectivity index (χ0v) is 11.4. The fourth-order valence-electron chi connectivity index (χ4n) is 1.36. The van der Waals surface area contributed by atoms with Crippen LogP contribution in [0.2, 0.25) is 0 Å². The van der Waals surface area contributed by atoms with E-state index in [1.807, 2.05) is 19.2 Å². The van der Waals surface area contributed by atoms with Crippen LogP contribution in [0.3, 0.4) is 0 Å². The molecule has 0 saturated carbocycles. The van der Waals surface area contributed by atoms with Gasteiger partial charge < -0.3 is 4.57 Å². The van der Waals surface area contributed by atoms with Crippen molar-refractivity contribution in [2.75, 3.05) is 0 Å². The average Bonchev–Trinajstić information content (AvgIpc) is 2.07. The highest BCUT2D eigenvalue weighted by Gasteiger charge is 2.11. The molecule has 0 aliphatic carbocycles. The summed E-state index contributed by atoms with van der Waals surface area (Å²) < 4.78 is 2.75. The van der Waals surface area contributed by atoms with E-state index in [1.165, 1.54) is 0 Å². The molecule has 0 aliphatic rings. The highest BCUT2D eigenvalue weighted by atomic mass is 79.9. The number of nitrogens with zero attached hydrogens (tertiary/aromatic N) is 1. The van der Waals surface area contributed by atoms with Crippen molar-refractivity contribution in [1.29, 1.82) is 0 Å². The second kappa shape index (κ2) is 4.52. The van der Waals surface area contributed by atoms with Crippen molar-refractivity contribution >= 4 is 15.9 Å². The first-order valence-electron chi connectivity index (χ1n) is 5.16. The number of hydrogen-bond acceptors (Lipinski definition) is 1. The first kappa shape index (κ1) is 12.5. The van der Waals surface area contributed by atoms with Crippen LogP contribution in [0.25, 0.3) is 0 Å². The number of hydrogen-bond donors (Lipinski definition) is 0. The molecule has 2 nitrogen and oxygen atoms in total. The number of aromatic nitrogens is 1. The fraction of sp³-hybridized carbons (Fsp3) is 0.583. The molecule has 3 heteroatoms. The van der Waals surface area contributed by atoms with E-state index in [-0.39, 0.29) is 11.0 Å². The molecule has 0 aromatic carbocycles. The van der Waals surface area contributed by atoms with Gasteiger partial charge in [0.05, 0.1) is 0 Å². The van der Waals surface area contributed by atoms with E-state index >= 15 is 0 Å². The Morgan fingerprint density at radius 2 is 2.00 bits per heavy atom. The van der Waals surface area contributed by atoms with Gasteiger partial charge in [0.25, 0.3) is 5.56 Å². The third kappa shape index (κ3) is 3.82. The third-order valence-electron chi connectivity index (χ3n) is 2.33. The molecule has 15 heavy (non-hydrogen) atoms. The molecule has 1 aromatic heterocycles. The van der Waals surface area contributed by atoms with Gasteiger partial charge in [0, 0.05) is 22.8 Å². The first-order chi connectivity index (χ1) is 6.79. The number of halogens is 1. The maximum atomic E-state index is 11.8. The van der Waals surface area contributed by atoms with E-state index in [4.69, 9.17) is 0 Å². The second-order valence-corrected chi connectivity index (χ2v) is 6.07. The molecule has 1 heterocycles. The van der Waals surface area contributed by atoms with Gasteiger partial charge in [-0.1, -0.05) is 20.8 Å². The van der Waals surface area contributed by atoms with Crippen molar-refractivity contribution in [2.45, 2.75) is 40.7 Å². The van der Waals surface area contributed by atoms with E-state index in [0.717, 1.165) is 23.0 Å². The fourth-order valence-corrected chi connectivity index (χ4v) is 1.95. The first-order valence-corrected chi connectivity index (χ1v) is 5.95. The van der Waals surface area contributed by atoms with Crippen molar-refractivity contribution in [1.82, 2.24) is 4.57 Å². The molecule has 0 amide bonds. The van der Waals surface area contributed by atoms with Crippen molar-refractivity contribution in [3.8, 4) is 0 Å². The molecule has 0 saturated heterocycles. The topological polar surface area (TPSA) is 22.0 Å². The summed E-state index contributed by atoms with van der Waals surface area (Å²) in [5.41, 5.74) is 1.16. The molecular formula is C12H18BrNO. The van der Waals surface area contributed by atoms with Gasteiger partial charge in [0.15, 0.2) is 0 Å². The smallest absolute Gasteiger partial charge is 0.253 e. The lowest BCUT2D eigenvalue weighted by Crippen LogP contribution is -2.23. The van der Waals surface area contributed by atoms with Crippen LogP contribution in [-0.2, 0) is 6.54 Å². The maximum absolute atomic E-state index is 11.8. The lowest BCUT2D eigenvalue weighted by molar-refractivity contribution is 0.347. The van der Waals surface area contributed by atoms with Crippen molar-refractivity contribution in [3.63, 3.8) is 0 Å². The Morgan fingerprint density at radius 1 is 1.40 bits per heavy atom. The van der Waals surface area contributed by atoms with Crippen molar-refractivity contribution in [3.05, 3.63) is 32.7 Å². The van der Waals surface area contributed by atoms with E-state index in [2.05, 4.69) is 36.7 Å². The normalized spacial score (nSPS) is 11.8. The van der Waals surface area contributed by atoms with Gasteiger partial charge in [-0.2, -0.15) is 0 Å². The Hall–Kier alpha value is -0.570. The van der Waals surface area contributed by atoms with Crippen LogP contribution in [0.5, 0.6) is 0 Å². The molecule has 0 aliphatic heterocycles. The molecule has 0 fully saturated rings. The van der Waals surface area contributed by atoms with Gasteiger partial charge >= 0.3 is 0 Å². The van der Waals surface area contributed by atoms with Crippen molar-refractivity contribution < 1.29 is 0 Å². The van der Waals surface area contributed by atoms with Gasteiger partial charge in [-0.25, -0.2) is 0 Å². The minimum absolute atomic E-state index is 0.113. The molecule has 0 unspecified atom stereocenters. The van der Waals surface area contributed by atoms with E-state index in [9.17, 15) is 4.79 Å². The summed E-state index contributed by atoms with van der Waals surface area (Å²) in [6, 6.07) is 1.86. The summed E-state index contributed by atoms with van der Waals surface area (Å²) >= 11 is 3.41. The predicted octanol–water partition coefficient (Wildman–Crippen LogP) is 3.36. The molecular weight excluding hydrogens is 254 g/mol. The van der Waals surface area contributed by atoms with Gasteiger partial charge in [-0.05, 0) is 40.8 Å². The average molecular weight is 272 g/mol. The summed E-state index contributed by atoms with van der Waals surface area (Å²) in [6.45, 7) is 9.18. The SMILES string of the molecule is Cc1cc(Br)cn(CCC(C)(C)C)c1=O. The van der Waals surface area contributed by atoms with Crippen LogP contribution in [0.4, 0.5) is 0 Å². The highest BCUT2D eigenvalue weighted by Crippen LogP contribution is 2.19. The summed E-state index contributed by atoms with van der Waals surface area (Å²) in [5, 5.41) is 0. The van der Waals surface area contributed by atoms with Crippen LogP contribution in [0.15, 0.2) is 21.5 Å². The number of rotatable bonds is 2. The predicted molar refractivity (Wildman–Crippen MR) is 67.2 cm³/mol.